The van der Waals surface area contributed by atoms with Gasteiger partial charge in [-0.1, -0.05) is 0 Å². The second-order valence-corrected chi connectivity index (χ2v) is 7.20. The van der Waals surface area contributed by atoms with Crippen LogP contribution in [0.25, 0.3) is 0 Å². The number of aliphatic imine (C=N–C) groups is 1. The minimum atomic E-state index is 0. The molecule has 2 rings (SSSR count). The molecule has 1 atom stereocenters. The van der Waals surface area contributed by atoms with Crippen molar-refractivity contribution in [1.82, 2.24) is 20.0 Å². The molecule has 0 amide bonds. The van der Waals surface area contributed by atoms with Crippen LogP contribution in [0.3, 0.4) is 0 Å². The zero-order valence-corrected chi connectivity index (χ0v) is 18.7. The zero-order valence-electron chi connectivity index (χ0n) is 16.4. The average Bonchev–Trinajstić information content (AvgIpc) is 3.08. The predicted molar refractivity (Wildman–Crippen MR) is 116 cm³/mol. The zero-order chi connectivity index (χ0) is 17.2. The Kier molecular flexibility index (Phi) is 12.0. The predicted octanol–water partition coefficient (Wildman–Crippen LogP) is 1.57. The van der Waals surface area contributed by atoms with Gasteiger partial charge in [0.25, 0.3) is 0 Å². The highest BCUT2D eigenvalue weighted by Crippen LogP contribution is 2.13. The van der Waals surface area contributed by atoms with Crippen LogP contribution in [-0.2, 0) is 4.74 Å². The van der Waals surface area contributed by atoms with E-state index in [0.717, 1.165) is 38.8 Å². The van der Waals surface area contributed by atoms with E-state index in [1.54, 1.807) is 0 Å². The number of hydrogen-bond donors (Lipinski definition) is 1. The Hall–Kier alpha value is -0.120. The molecule has 2 aliphatic heterocycles. The number of hydrogen-bond acceptors (Lipinski definition) is 4. The van der Waals surface area contributed by atoms with Crippen LogP contribution in [0.15, 0.2) is 4.99 Å². The molecule has 0 saturated carbocycles. The minimum Gasteiger partial charge on any atom is -0.381 e. The second-order valence-electron chi connectivity index (χ2n) is 7.20. The van der Waals surface area contributed by atoms with Crippen molar-refractivity contribution in [3.63, 3.8) is 0 Å². The van der Waals surface area contributed by atoms with Crippen LogP contribution in [0.4, 0.5) is 0 Å². The third kappa shape index (κ3) is 8.88. The van der Waals surface area contributed by atoms with Crippen molar-refractivity contribution in [2.45, 2.75) is 26.2 Å². The Balaban J connectivity index is 0.00000312. The van der Waals surface area contributed by atoms with Crippen LogP contribution in [0.2, 0.25) is 0 Å². The molecule has 25 heavy (non-hydrogen) atoms. The van der Waals surface area contributed by atoms with Gasteiger partial charge >= 0.3 is 0 Å². The van der Waals surface area contributed by atoms with E-state index in [4.69, 9.17) is 9.73 Å². The van der Waals surface area contributed by atoms with Gasteiger partial charge in [-0.3, -0.25) is 4.99 Å². The molecule has 0 aromatic rings. The molecule has 0 aromatic heterocycles. The van der Waals surface area contributed by atoms with Crippen LogP contribution in [-0.4, -0.2) is 100 Å². The molecule has 148 valence electrons. The molecule has 7 heteroatoms. The largest absolute Gasteiger partial charge is 0.381 e. The molecule has 2 aliphatic rings. The Morgan fingerprint density at radius 2 is 2.00 bits per heavy atom. The number of nitrogens with one attached hydrogen (secondary N) is 1. The number of likely N-dealkylation sites (N-methyl/N-ethyl adjacent to an activating group) is 1. The van der Waals surface area contributed by atoms with Crippen LogP contribution in [0.1, 0.15) is 26.2 Å². The first-order chi connectivity index (χ1) is 11.7. The van der Waals surface area contributed by atoms with Crippen molar-refractivity contribution in [3.05, 3.63) is 0 Å². The van der Waals surface area contributed by atoms with Crippen molar-refractivity contribution in [3.8, 4) is 0 Å². The number of unbranched alkanes of at least 4 members (excludes halogenated alkanes) is 1. The topological polar surface area (TPSA) is 43.3 Å². The maximum atomic E-state index is 5.48. The van der Waals surface area contributed by atoms with Crippen LogP contribution >= 0.6 is 24.0 Å². The Labute approximate surface area is 171 Å². The van der Waals surface area contributed by atoms with Crippen molar-refractivity contribution >= 4 is 29.9 Å². The minimum absolute atomic E-state index is 0. The van der Waals surface area contributed by atoms with Crippen LogP contribution < -0.4 is 5.32 Å². The highest BCUT2D eigenvalue weighted by molar-refractivity contribution is 14.0. The Bertz CT molecular complexity index is 368. The molecule has 1 unspecified atom stereocenters. The maximum absolute atomic E-state index is 5.48. The van der Waals surface area contributed by atoms with Gasteiger partial charge in [-0.2, -0.15) is 0 Å². The van der Waals surface area contributed by atoms with Gasteiger partial charge in [0.15, 0.2) is 5.96 Å². The molecule has 2 saturated heterocycles. The van der Waals surface area contributed by atoms with Crippen molar-refractivity contribution in [1.29, 1.82) is 0 Å². The number of guanidine groups is 1. The van der Waals surface area contributed by atoms with Gasteiger partial charge in [0.1, 0.15) is 0 Å². The van der Waals surface area contributed by atoms with E-state index in [0.29, 0.717) is 5.92 Å². The highest BCUT2D eigenvalue weighted by Gasteiger charge is 2.19. The molecule has 0 aromatic carbocycles. The lowest BCUT2D eigenvalue weighted by atomic mass is 10.1. The smallest absolute Gasteiger partial charge is 0.193 e. The van der Waals surface area contributed by atoms with E-state index in [2.05, 4.69) is 41.0 Å². The van der Waals surface area contributed by atoms with Crippen molar-refractivity contribution < 1.29 is 4.74 Å². The molecule has 0 radical (unpaired) electrons. The summed E-state index contributed by atoms with van der Waals surface area (Å²) in [5.41, 5.74) is 0. The molecule has 1 N–H and O–H groups in total. The summed E-state index contributed by atoms with van der Waals surface area (Å²) in [5.74, 6) is 1.69. The lowest BCUT2D eigenvalue weighted by Gasteiger charge is -2.32. The summed E-state index contributed by atoms with van der Waals surface area (Å²) in [6.07, 6.45) is 3.59. The Morgan fingerprint density at radius 1 is 1.24 bits per heavy atom. The van der Waals surface area contributed by atoms with E-state index >= 15 is 0 Å². The molecule has 2 heterocycles. The summed E-state index contributed by atoms with van der Waals surface area (Å²) in [4.78, 5) is 12.1. The summed E-state index contributed by atoms with van der Waals surface area (Å²) in [5, 5.41) is 3.42. The number of rotatable bonds is 8. The SMILES string of the molecule is CCNC(=NCCCCN1CCN(C)CC1)N(C)CC1CCOC1.I. The first kappa shape index (κ1) is 22.9. The fourth-order valence-corrected chi connectivity index (χ4v) is 3.37. The van der Waals surface area contributed by atoms with Gasteiger partial charge in [-0.05, 0) is 39.8 Å². The van der Waals surface area contributed by atoms with Gasteiger partial charge in [-0.25, -0.2) is 0 Å². The third-order valence-electron chi connectivity index (χ3n) is 4.99. The van der Waals surface area contributed by atoms with Crippen molar-refractivity contribution in [2.24, 2.45) is 10.9 Å². The number of halogens is 1. The lowest BCUT2D eigenvalue weighted by molar-refractivity contribution is 0.152. The Morgan fingerprint density at radius 3 is 2.64 bits per heavy atom. The van der Waals surface area contributed by atoms with Crippen LogP contribution in [0, 0.1) is 5.92 Å². The van der Waals surface area contributed by atoms with E-state index in [9.17, 15) is 0 Å². The number of ether oxygens (including phenoxy) is 1. The fraction of sp³-hybridized carbons (Fsp3) is 0.944. The monoisotopic (exact) mass is 467 g/mol. The maximum Gasteiger partial charge on any atom is 0.193 e. The van der Waals surface area contributed by atoms with E-state index < -0.39 is 0 Å². The van der Waals surface area contributed by atoms with E-state index in [1.165, 1.54) is 52.0 Å². The summed E-state index contributed by atoms with van der Waals surface area (Å²) < 4.78 is 5.48. The first-order valence-electron chi connectivity index (χ1n) is 9.67. The normalized spacial score (nSPS) is 22.7. The molecule has 0 spiro atoms. The van der Waals surface area contributed by atoms with Crippen molar-refractivity contribution in [2.75, 3.05) is 79.7 Å². The van der Waals surface area contributed by atoms with Gasteiger partial charge < -0.3 is 24.8 Å². The van der Waals surface area contributed by atoms with Gasteiger partial charge in [-0.15, -0.1) is 24.0 Å². The van der Waals surface area contributed by atoms with E-state index in [1.807, 2.05) is 0 Å². The van der Waals surface area contributed by atoms with E-state index in [-0.39, 0.29) is 24.0 Å². The van der Waals surface area contributed by atoms with Gasteiger partial charge in [0.05, 0.1) is 6.61 Å². The summed E-state index contributed by atoms with van der Waals surface area (Å²) in [7, 11) is 4.35. The average molecular weight is 467 g/mol. The second kappa shape index (κ2) is 13.1. The first-order valence-corrected chi connectivity index (χ1v) is 9.67. The fourth-order valence-electron chi connectivity index (χ4n) is 3.37. The lowest BCUT2D eigenvalue weighted by Crippen LogP contribution is -2.44. The molecule has 6 nitrogen and oxygen atoms in total. The standard InChI is InChI=1S/C18H37N5O.HI/c1-4-19-18(22(3)15-17-7-14-24-16-17)20-8-5-6-9-23-12-10-21(2)11-13-23;/h17H,4-16H2,1-3H3,(H,19,20);1H. The number of piperazine rings is 1. The summed E-state index contributed by atoms with van der Waals surface area (Å²) >= 11 is 0. The van der Waals surface area contributed by atoms with Gasteiger partial charge in [0, 0.05) is 65.4 Å². The number of nitrogens with zero attached hydrogens (tertiary/aromatic N) is 4. The van der Waals surface area contributed by atoms with Crippen LogP contribution in [0.5, 0.6) is 0 Å². The third-order valence-corrected chi connectivity index (χ3v) is 4.99. The molecule has 2 fully saturated rings. The highest BCUT2D eigenvalue weighted by atomic mass is 127. The molecule has 0 bridgehead atoms. The summed E-state index contributed by atoms with van der Waals surface area (Å²) in [6.45, 7) is 12.9. The quantitative estimate of drug-likeness (QED) is 0.254. The molecule has 0 aliphatic carbocycles. The molecular weight excluding hydrogens is 429 g/mol. The molecular formula is C18H38IN5O. The van der Waals surface area contributed by atoms with Gasteiger partial charge in [0.2, 0.25) is 0 Å². The summed E-state index contributed by atoms with van der Waals surface area (Å²) in [6, 6.07) is 0.